The van der Waals surface area contributed by atoms with Crippen LogP contribution >= 0.6 is 0 Å². The van der Waals surface area contributed by atoms with Gasteiger partial charge >= 0.3 is 5.97 Å². The average Bonchev–Trinajstić information content (AvgIpc) is 2.20. The van der Waals surface area contributed by atoms with E-state index in [1.54, 1.807) is 0 Å². The number of rotatable bonds is 3. The molecule has 0 radical (unpaired) electrons. The van der Waals surface area contributed by atoms with Crippen LogP contribution in [0.25, 0.3) is 0 Å². The minimum Gasteiger partial charge on any atom is -0.477 e. The van der Waals surface area contributed by atoms with Gasteiger partial charge < -0.3 is 5.11 Å². The Labute approximate surface area is 82.9 Å². The van der Waals surface area contributed by atoms with Crippen molar-refractivity contribution in [3.05, 3.63) is 24.4 Å². The number of aliphatic carboxylic acids is 1. The fourth-order valence-corrected chi connectivity index (χ4v) is 0.542. The Hall–Kier alpha value is -1.62. The molecule has 0 saturated heterocycles. The van der Waals surface area contributed by atoms with Gasteiger partial charge in [-0.1, -0.05) is 26.5 Å². The molecule has 0 atom stereocenters. The fraction of sp³-hybridized carbons (Fsp3) is 0.333. The van der Waals surface area contributed by atoms with E-state index in [2.05, 4.69) is 6.58 Å². The highest BCUT2D eigenvalue weighted by Gasteiger charge is 2.17. The van der Waals surface area contributed by atoms with Crippen LogP contribution in [0.3, 0.4) is 0 Å². The Morgan fingerprint density at radius 3 is 2.00 bits per heavy atom. The molecule has 0 saturated carbocycles. The SMILES string of the molecule is C=CC(=O)N(O)/C(=C\C)C(=O)O.CC. The monoisotopic (exact) mass is 201 g/mol. The highest BCUT2D eigenvalue weighted by Crippen LogP contribution is 2.01. The molecule has 0 heterocycles. The average molecular weight is 201 g/mol. The molecule has 0 rings (SSSR count). The molecule has 0 aromatic rings. The van der Waals surface area contributed by atoms with Crippen LogP contribution in [0, 0.1) is 0 Å². The molecular formula is C9H15NO4. The van der Waals surface area contributed by atoms with Crippen molar-refractivity contribution in [2.24, 2.45) is 0 Å². The maximum atomic E-state index is 10.7. The molecule has 1 amide bonds. The predicted octanol–water partition coefficient (Wildman–Crippen LogP) is 1.40. The van der Waals surface area contributed by atoms with Crippen molar-refractivity contribution >= 4 is 11.9 Å². The lowest BCUT2D eigenvalue weighted by molar-refractivity contribution is -0.159. The first-order valence-electron chi connectivity index (χ1n) is 4.09. The van der Waals surface area contributed by atoms with Gasteiger partial charge in [-0.2, -0.15) is 5.06 Å². The number of carboxylic acids is 1. The lowest BCUT2D eigenvalue weighted by Gasteiger charge is -2.11. The molecule has 0 aliphatic carbocycles. The summed E-state index contributed by atoms with van der Waals surface area (Å²) in [5, 5.41) is 17.4. The third kappa shape index (κ3) is 4.42. The number of hydroxylamine groups is 2. The Kier molecular flexibility index (Phi) is 8.50. The molecule has 14 heavy (non-hydrogen) atoms. The van der Waals surface area contributed by atoms with E-state index in [0.717, 1.165) is 12.2 Å². The summed E-state index contributed by atoms with van der Waals surface area (Å²) in [7, 11) is 0. The van der Waals surface area contributed by atoms with Crippen molar-refractivity contribution < 1.29 is 19.9 Å². The van der Waals surface area contributed by atoms with E-state index in [9.17, 15) is 9.59 Å². The van der Waals surface area contributed by atoms with E-state index in [1.165, 1.54) is 6.92 Å². The van der Waals surface area contributed by atoms with Crippen LogP contribution in [0.1, 0.15) is 20.8 Å². The second kappa shape index (κ2) is 8.00. The molecule has 5 nitrogen and oxygen atoms in total. The molecule has 0 aliphatic heterocycles. The topological polar surface area (TPSA) is 77.8 Å². The van der Waals surface area contributed by atoms with Crippen molar-refractivity contribution in [3.8, 4) is 0 Å². The van der Waals surface area contributed by atoms with Gasteiger partial charge in [0.05, 0.1) is 0 Å². The third-order valence-corrected chi connectivity index (χ3v) is 1.10. The lowest BCUT2D eigenvalue weighted by atomic mass is 10.4. The first kappa shape index (κ1) is 14.9. The normalized spacial score (nSPS) is 9.57. The van der Waals surface area contributed by atoms with Crippen molar-refractivity contribution in [1.29, 1.82) is 0 Å². The van der Waals surface area contributed by atoms with Crippen LogP contribution in [-0.4, -0.2) is 27.3 Å². The quantitative estimate of drug-likeness (QED) is 0.411. The van der Waals surface area contributed by atoms with E-state index in [0.29, 0.717) is 0 Å². The number of carboxylic acid groups (broad SMARTS) is 1. The van der Waals surface area contributed by atoms with Gasteiger partial charge in [0.25, 0.3) is 5.91 Å². The van der Waals surface area contributed by atoms with Gasteiger partial charge in [-0.15, -0.1) is 0 Å². The third-order valence-electron chi connectivity index (χ3n) is 1.10. The van der Waals surface area contributed by atoms with E-state index < -0.39 is 17.6 Å². The number of carbonyl (C=O) groups excluding carboxylic acids is 1. The highest BCUT2D eigenvalue weighted by molar-refractivity contribution is 5.95. The number of nitrogens with zero attached hydrogens (tertiary/aromatic N) is 1. The lowest BCUT2D eigenvalue weighted by Crippen LogP contribution is -2.28. The summed E-state index contributed by atoms with van der Waals surface area (Å²) in [5.74, 6) is -2.26. The van der Waals surface area contributed by atoms with Gasteiger partial charge in [0, 0.05) is 0 Å². The second-order valence-corrected chi connectivity index (χ2v) is 1.83. The number of hydrogen-bond acceptors (Lipinski definition) is 3. The van der Waals surface area contributed by atoms with Gasteiger partial charge in [0.15, 0.2) is 5.70 Å². The zero-order valence-electron chi connectivity index (χ0n) is 8.52. The summed E-state index contributed by atoms with van der Waals surface area (Å²) in [5.41, 5.74) is -0.500. The molecule has 80 valence electrons. The van der Waals surface area contributed by atoms with Crippen LogP contribution in [0.15, 0.2) is 24.4 Å². The van der Waals surface area contributed by atoms with Crippen LogP contribution < -0.4 is 0 Å². The zero-order chi connectivity index (χ0) is 11.7. The number of allylic oxidation sites excluding steroid dienone is 1. The first-order chi connectivity index (χ1) is 6.54. The Balaban J connectivity index is 0. The zero-order valence-corrected chi connectivity index (χ0v) is 8.52. The summed E-state index contributed by atoms with van der Waals surface area (Å²) in [6, 6.07) is 0. The van der Waals surface area contributed by atoms with Crippen LogP contribution in [0.4, 0.5) is 0 Å². The van der Waals surface area contributed by atoms with Gasteiger partial charge in [0.1, 0.15) is 0 Å². The standard InChI is InChI=1S/C7H9NO4.C2H6/c1-3-5(7(10)11)8(12)6(9)4-2;1-2/h3-4,12H,2H2,1H3,(H,10,11);1-2H3/b5-3-;. The second-order valence-electron chi connectivity index (χ2n) is 1.83. The number of hydrogen-bond donors (Lipinski definition) is 2. The fourth-order valence-electron chi connectivity index (χ4n) is 0.542. The minimum absolute atomic E-state index is 0.0231. The van der Waals surface area contributed by atoms with Gasteiger partial charge in [-0.3, -0.25) is 10.0 Å². The molecule has 0 unspecified atom stereocenters. The molecule has 2 N–H and O–H groups in total. The molecule has 0 bridgehead atoms. The summed E-state index contributed by atoms with van der Waals surface area (Å²) < 4.78 is 0. The van der Waals surface area contributed by atoms with E-state index in [1.807, 2.05) is 13.8 Å². The molecule has 0 aromatic carbocycles. The van der Waals surface area contributed by atoms with Crippen LogP contribution in [-0.2, 0) is 9.59 Å². The van der Waals surface area contributed by atoms with Crippen molar-refractivity contribution in [1.82, 2.24) is 5.06 Å². The summed E-state index contributed by atoms with van der Waals surface area (Å²) in [6.45, 7) is 8.48. The minimum atomic E-state index is -1.38. The molecular weight excluding hydrogens is 186 g/mol. The Morgan fingerprint density at radius 2 is 1.79 bits per heavy atom. The molecule has 0 spiro atoms. The Morgan fingerprint density at radius 1 is 1.36 bits per heavy atom. The highest BCUT2D eigenvalue weighted by atomic mass is 16.5. The maximum Gasteiger partial charge on any atom is 0.354 e. The molecule has 0 fully saturated rings. The van der Waals surface area contributed by atoms with Gasteiger partial charge in [0.2, 0.25) is 0 Å². The van der Waals surface area contributed by atoms with E-state index >= 15 is 0 Å². The first-order valence-corrected chi connectivity index (χ1v) is 4.09. The molecule has 0 aliphatic rings. The summed E-state index contributed by atoms with van der Waals surface area (Å²) in [4.78, 5) is 21.0. The van der Waals surface area contributed by atoms with E-state index in [-0.39, 0.29) is 5.06 Å². The van der Waals surface area contributed by atoms with Crippen molar-refractivity contribution in [2.75, 3.05) is 0 Å². The number of amides is 1. The molecule has 5 heteroatoms. The van der Waals surface area contributed by atoms with Crippen LogP contribution in [0.5, 0.6) is 0 Å². The van der Waals surface area contributed by atoms with Gasteiger partial charge in [-0.25, -0.2) is 4.79 Å². The van der Waals surface area contributed by atoms with Crippen molar-refractivity contribution in [3.63, 3.8) is 0 Å². The Bertz CT molecular complexity index is 245. The van der Waals surface area contributed by atoms with E-state index in [4.69, 9.17) is 10.3 Å². The largest absolute Gasteiger partial charge is 0.477 e. The van der Waals surface area contributed by atoms with Crippen LogP contribution in [0.2, 0.25) is 0 Å². The summed E-state index contributed by atoms with van der Waals surface area (Å²) >= 11 is 0. The summed E-state index contributed by atoms with van der Waals surface area (Å²) in [6.07, 6.45) is 1.91. The van der Waals surface area contributed by atoms with Crippen molar-refractivity contribution in [2.45, 2.75) is 20.8 Å². The maximum absolute atomic E-state index is 10.7. The smallest absolute Gasteiger partial charge is 0.354 e. The predicted molar refractivity (Wildman–Crippen MR) is 51.6 cm³/mol. The molecule has 0 aromatic heterocycles. The number of carbonyl (C=O) groups is 2. The van der Waals surface area contributed by atoms with Gasteiger partial charge in [-0.05, 0) is 13.0 Å².